The maximum absolute atomic E-state index is 13.2. The van der Waals surface area contributed by atoms with Gasteiger partial charge in [-0.05, 0) is 59.6 Å². The number of ether oxygens (including phenoxy) is 1. The van der Waals surface area contributed by atoms with Crippen molar-refractivity contribution >= 4 is 44.5 Å². The van der Waals surface area contributed by atoms with Crippen LogP contribution in [0.3, 0.4) is 0 Å². The SMILES string of the molecule is CCOC(=O)C1=C(C)N(c2ccc(F)cc2Br)C(Cl)=NC1. The summed E-state index contributed by atoms with van der Waals surface area (Å²) in [6, 6.07) is 4.20. The molecule has 1 aromatic rings. The zero-order valence-electron chi connectivity index (χ0n) is 11.5. The van der Waals surface area contributed by atoms with Crippen LogP contribution in [0.15, 0.2) is 38.9 Å². The second kappa shape index (κ2) is 6.58. The summed E-state index contributed by atoms with van der Waals surface area (Å²) in [4.78, 5) is 17.6. The molecule has 0 saturated heterocycles. The Balaban J connectivity index is 2.46. The lowest BCUT2D eigenvalue weighted by Crippen LogP contribution is -2.33. The molecule has 4 nitrogen and oxygen atoms in total. The number of benzene rings is 1. The molecule has 1 aliphatic rings. The number of anilines is 1. The Morgan fingerprint density at radius 2 is 2.29 bits per heavy atom. The summed E-state index contributed by atoms with van der Waals surface area (Å²) in [6.07, 6.45) is 0. The van der Waals surface area contributed by atoms with Gasteiger partial charge in [-0.3, -0.25) is 9.89 Å². The number of rotatable bonds is 3. The van der Waals surface area contributed by atoms with E-state index in [1.807, 2.05) is 0 Å². The number of amidine groups is 1. The minimum Gasteiger partial charge on any atom is -0.463 e. The van der Waals surface area contributed by atoms with Crippen molar-refractivity contribution in [1.82, 2.24) is 0 Å². The molecule has 0 amide bonds. The first-order chi connectivity index (χ1) is 9.95. The summed E-state index contributed by atoms with van der Waals surface area (Å²) in [5, 5.41) is 0.216. The minimum atomic E-state index is -0.425. The molecule has 0 N–H and O–H groups in total. The van der Waals surface area contributed by atoms with Crippen molar-refractivity contribution in [3.8, 4) is 0 Å². The highest BCUT2D eigenvalue weighted by Crippen LogP contribution is 2.33. The van der Waals surface area contributed by atoms with Crippen molar-refractivity contribution in [3.05, 3.63) is 39.8 Å². The second-order valence-electron chi connectivity index (χ2n) is 4.30. The largest absolute Gasteiger partial charge is 0.463 e. The number of hydrogen-bond acceptors (Lipinski definition) is 4. The number of esters is 1. The summed E-state index contributed by atoms with van der Waals surface area (Å²) in [7, 11) is 0. The van der Waals surface area contributed by atoms with Crippen LogP contribution in [0.4, 0.5) is 10.1 Å². The predicted molar refractivity (Wildman–Crippen MR) is 84.1 cm³/mol. The highest BCUT2D eigenvalue weighted by atomic mass is 79.9. The Morgan fingerprint density at radius 1 is 1.57 bits per heavy atom. The van der Waals surface area contributed by atoms with Gasteiger partial charge in [0.05, 0.1) is 24.4 Å². The van der Waals surface area contributed by atoms with Crippen LogP contribution < -0.4 is 4.90 Å². The summed E-state index contributed by atoms with van der Waals surface area (Å²) in [5.41, 5.74) is 1.64. The van der Waals surface area contributed by atoms with E-state index in [4.69, 9.17) is 16.3 Å². The van der Waals surface area contributed by atoms with Crippen LogP contribution in [0.25, 0.3) is 0 Å². The number of carbonyl (C=O) groups excluding carboxylic acids is 1. The van der Waals surface area contributed by atoms with Gasteiger partial charge < -0.3 is 4.74 Å². The first-order valence-corrected chi connectivity index (χ1v) is 7.44. The minimum absolute atomic E-state index is 0.165. The van der Waals surface area contributed by atoms with E-state index in [0.717, 1.165) is 0 Å². The average Bonchev–Trinajstić information content (AvgIpc) is 2.41. The first kappa shape index (κ1) is 16.0. The van der Waals surface area contributed by atoms with Gasteiger partial charge in [0.2, 0.25) is 5.29 Å². The smallest absolute Gasteiger partial charge is 0.337 e. The van der Waals surface area contributed by atoms with Gasteiger partial charge in [-0.2, -0.15) is 0 Å². The van der Waals surface area contributed by atoms with Gasteiger partial charge in [-0.1, -0.05) is 0 Å². The topological polar surface area (TPSA) is 41.9 Å². The molecule has 2 rings (SSSR count). The number of allylic oxidation sites excluding steroid dienone is 1. The molecule has 7 heteroatoms. The zero-order valence-corrected chi connectivity index (χ0v) is 13.8. The number of halogens is 3. The molecular weight excluding hydrogens is 363 g/mol. The molecule has 1 heterocycles. The Morgan fingerprint density at radius 3 is 2.90 bits per heavy atom. The molecule has 112 valence electrons. The van der Waals surface area contributed by atoms with E-state index in [9.17, 15) is 9.18 Å². The van der Waals surface area contributed by atoms with Crippen LogP contribution in [-0.4, -0.2) is 24.4 Å². The Bertz CT molecular complexity index is 646. The predicted octanol–water partition coefficient (Wildman–Crippen LogP) is 3.84. The van der Waals surface area contributed by atoms with E-state index >= 15 is 0 Å². The number of nitrogens with zero attached hydrogens (tertiary/aromatic N) is 2. The summed E-state index contributed by atoms with van der Waals surface area (Å²) >= 11 is 9.44. The molecule has 0 unspecified atom stereocenters. The summed E-state index contributed by atoms with van der Waals surface area (Å²) < 4.78 is 18.7. The zero-order chi connectivity index (χ0) is 15.6. The van der Waals surface area contributed by atoms with Crippen LogP contribution in [-0.2, 0) is 9.53 Å². The van der Waals surface area contributed by atoms with Crippen molar-refractivity contribution in [3.63, 3.8) is 0 Å². The Hall–Kier alpha value is -1.40. The van der Waals surface area contributed by atoms with Crippen molar-refractivity contribution < 1.29 is 13.9 Å². The van der Waals surface area contributed by atoms with E-state index in [-0.39, 0.29) is 24.3 Å². The van der Waals surface area contributed by atoms with Gasteiger partial charge in [0.15, 0.2) is 0 Å². The van der Waals surface area contributed by atoms with E-state index < -0.39 is 5.97 Å². The van der Waals surface area contributed by atoms with E-state index in [1.54, 1.807) is 24.8 Å². The van der Waals surface area contributed by atoms with Crippen LogP contribution in [0.1, 0.15) is 13.8 Å². The van der Waals surface area contributed by atoms with E-state index in [2.05, 4.69) is 20.9 Å². The number of aliphatic imine (C=N–C) groups is 1. The molecule has 0 saturated carbocycles. The maximum atomic E-state index is 13.2. The number of hydrogen-bond donors (Lipinski definition) is 0. The molecular formula is C14H13BrClFN2O2. The molecule has 0 radical (unpaired) electrons. The maximum Gasteiger partial charge on any atom is 0.337 e. The molecule has 0 fully saturated rings. The molecule has 0 spiro atoms. The third-order valence-electron chi connectivity index (χ3n) is 3.00. The van der Waals surface area contributed by atoms with Crippen molar-refractivity contribution in [1.29, 1.82) is 0 Å². The van der Waals surface area contributed by atoms with Gasteiger partial charge in [0, 0.05) is 10.2 Å². The third-order valence-corrected chi connectivity index (χ3v) is 3.92. The first-order valence-electron chi connectivity index (χ1n) is 6.27. The molecule has 0 aromatic heterocycles. The summed E-state index contributed by atoms with van der Waals surface area (Å²) in [6.45, 7) is 3.94. The molecule has 0 bridgehead atoms. The normalized spacial score (nSPS) is 15.1. The fraction of sp³-hybridized carbons (Fsp3) is 0.286. The van der Waals surface area contributed by atoms with Crippen LogP contribution in [0, 0.1) is 5.82 Å². The van der Waals surface area contributed by atoms with Gasteiger partial charge >= 0.3 is 5.97 Å². The second-order valence-corrected chi connectivity index (χ2v) is 5.49. The third kappa shape index (κ3) is 3.27. The quantitative estimate of drug-likeness (QED) is 0.595. The summed E-state index contributed by atoms with van der Waals surface area (Å²) in [5.74, 6) is -0.797. The highest BCUT2D eigenvalue weighted by Gasteiger charge is 2.27. The van der Waals surface area contributed by atoms with Gasteiger partial charge in [-0.25, -0.2) is 9.18 Å². The van der Waals surface area contributed by atoms with Crippen molar-refractivity contribution in [2.24, 2.45) is 4.99 Å². The molecule has 0 atom stereocenters. The lowest BCUT2D eigenvalue weighted by Gasteiger charge is -2.29. The highest BCUT2D eigenvalue weighted by molar-refractivity contribution is 9.10. The average molecular weight is 376 g/mol. The monoisotopic (exact) mass is 374 g/mol. The van der Waals surface area contributed by atoms with Gasteiger partial charge in [0.1, 0.15) is 5.82 Å². The van der Waals surface area contributed by atoms with Crippen LogP contribution >= 0.6 is 27.5 Å². The Kier molecular flexibility index (Phi) is 5.00. The lowest BCUT2D eigenvalue weighted by atomic mass is 10.1. The molecule has 1 aliphatic heterocycles. The van der Waals surface area contributed by atoms with Crippen molar-refractivity contribution in [2.75, 3.05) is 18.1 Å². The van der Waals surface area contributed by atoms with Gasteiger partial charge in [0.25, 0.3) is 0 Å². The molecule has 1 aromatic carbocycles. The van der Waals surface area contributed by atoms with E-state index in [0.29, 0.717) is 21.4 Å². The lowest BCUT2D eigenvalue weighted by molar-refractivity contribution is -0.138. The van der Waals surface area contributed by atoms with E-state index in [1.165, 1.54) is 12.1 Å². The van der Waals surface area contributed by atoms with Crippen LogP contribution in [0.5, 0.6) is 0 Å². The number of carbonyl (C=O) groups is 1. The molecule has 21 heavy (non-hydrogen) atoms. The molecule has 0 aliphatic carbocycles. The standard InChI is InChI=1S/C14H13BrClFN2O2/c1-3-21-13(20)10-7-18-14(16)19(8(10)2)12-5-4-9(17)6-11(12)15/h4-6H,3,7H2,1-2H3. The van der Waals surface area contributed by atoms with Crippen LogP contribution in [0.2, 0.25) is 0 Å². The Labute approximate surface area is 135 Å². The van der Waals surface area contributed by atoms with Gasteiger partial charge in [-0.15, -0.1) is 0 Å². The van der Waals surface area contributed by atoms with Crippen molar-refractivity contribution in [2.45, 2.75) is 13.8 Å². The fourth-order valence-electron chi connectivity index (χ4n) is 1.98. The fourth-order valence-corrected chi connectivity index (χ4v) is 2.78.